The molecule has 1 aromatic carbocycles. The van der Waals surface area contributed by atoms with Crippen molar-refractivity contribution in [2.24, 2.45) is 0 Å². The molecule has 0 radical (unpaired) electrons. The van der Waals surface area contributed by atoms with Crippen molar-refractivity contribution in [2.75, 3.05) is 12.3 Å². The molecule has 1 aromatic rings. The SMILES string of the molecule is CCOC(=O)C=Cc1c(N)ccc(Cl)c1F. The maximum Gasteiger partial charge on any atom is 0.330 e. The molecule has 2 N–H and O–H groups in total. The summed E-state index contributed by atoms with van der Waals surface area (Å²) in [6, 6.07) is 2.82. The highest BCUT2D eigenvalue weighted by molar-refractivity contribution is 6.31. The number of benzene rings is 1. The third kappa shape index (κ3) is 2.97. The van der Waals surface area contributed by atoms with E-state index in [1.165, 1.54) is 18.2 Å². The van der Waals surface area contributed by atoms with Gasteiger partial charge in [-0.05, 0) is 25.1 Å². The smallest absolute Gasteiger partial charge is 0.330 e. The van der Waals surface area contributed by atoms with E-state index in [0.717, 1.165) is 6.08 Å². The largest absolute Gasteiger partial charge is 0.463 e. The predicted octanol–water partition coefficient (Wildman–Crippen LogP) is 2.64. The topological polar surface area (TPSA) is 52.3 Å². The number of esters is 1. The zero-order chi connectivity index (χ0) is 12.1. The number of nitrogen functional groups attached to an aromatic ring is 1. The lowest BCUT2D eigenvalue weighted by molar-refractivity contribution is -0.137. The Kier molecular flexibility index (Phi) is 4.31. The van der Waals surface area contributed by atoms with E-state index < -0.39 is 11.8 Å². The molecular weight excluding hydrogens is 233 g/mol. The minimum Gasteiger partial charge on any atom is -0.463 e. The maximum atomic E-state index is 13.5. The van der Waals surface area contributed by atoms with E-state index in [0.29, 0.717) is 0 Å². The van der Waals surface area contributed by atoms with Gasteiger partial charge in [-0.2, -0.15) is 0 Å². The maximum absolute atomic E-state index is 13.5. The molecule has 0 aromatic heterocycles. The number of rotatable bonds is 3. The molecule has 0 aliphatic heterocycles. The van der Waals surface area contributed by atoms with Gasteiger partial charge in [0.05, 0.1) is 11.6 Å². The van der Waals surface area contributed by atoms with E-state index in [1.807, 2.05) is 0 Å². The van der Waals surface area contributed by atoms with Crippen molar-refractivity contribution < 1.29 is 13.9 Å². The molecule has 86 valence electrons. The van der Waals surface area contributed by atoms with Gasteiger partial charge in [0.2, 0.25) is 0 Å². The van der Waals surface area contributed by atoms with Gasteiger partial charge in [-0.3, -0.25) is 0 Å². The molecular formula is C11H11ClFNO2. The molecule has 0 spiro atoms. The fourth-order valence-electron chi connectivity index (χ4n) is 1.09. The van der Waals surface area contributed by atoms with Crippen molar-refractivity contribution >= 4 is 29.3 Å². The van der Waals surface area contributed by atoms with Crippen molar-refractivity contribution in [3.8, 4) is 0 Å². The molecule has 0 fully saturated rings. The van der Waals surface area contributed by atoms with Crippen LogP contribution in [0.3, 0.4) is 0 Å². The fourth-order valence-corrected chi connectivity index (χ4v) is 1.26. The summed E-state index contributed by atoms with van der Waals surface area (Å²) in [5.74, 6) is -1.21. The minimum absolute atomic E-state index is 0.0438. The lowest BCUT2D eigenvalue weighted by Gasteiger charge is -2.03. The number of halogens is 2. The second kappa shape index (κ2) is 5.51. The number of carbonyl (C=O) groups is 1. The van der Waals surface area contributed by atoms with Crippen molar-refractivity contribution in [3.63, 3.8) is 0 Å². The first-order valence-electron chi connectivity index (χ1n) is 4.64. The number of anilines is 1. The Labute approximate surface area is 97.7 Å². The number of ether oxygens (including phenoxy) is 1. The van der Waals surface area contributed by atoms with Crippen LogP contribution in [0, 0.1) is 5.82 Å². The van der Waals surface area contributed by atoms with Gasteiger partial charge in [-0.25, -0.2) is 9.18 Å². The summed E-state index contributed by atoms with van der Waals surface area (Å²) in [6.07, 6.45) is 2.35. The van der Waals surface area contributed by atoms with Crippen LogP contribution in [0.25, 0.3) is 6.08 Å². The summed E-state index contributed by atoms with van der Waals surface area (Å²) in [5.41, 5.74) is 5.84. The van der Waals surface area contributed by atoms with Crippen LogP contribution in [0.4, 0.5) is 10.1 Å². The van der Waals surface area contributed by atoms with E-state index in [4.69, 9.17) is 17.3 Å². The number of hydrogen-bond acceptors (Lipinski definition) is 3. The number of nitrogens with two attached hydrogens (primary N) is 1. The minimum atomic E-state index is -0.651. The predicted molar refractivity (Wildman–Crippen MR) is 61.5 cm³/mol. The first-order valence-corrected chi connectivity index (χ1v) is 5.02. The quantitative estimate of drug-likeness (QED) is 0.504. The summed E-state index contributed by atoms with van der Waals surface area (Å²) in [7, 11) is 0. The molecule has 0 bridgehead atoms. The Morgan fingerprint density at radius 1 is 1.62 bits per heavy atom. The standard InChI is InChI=1S/C11H11ClFNO2/c1-2-16-10(15)6-3-7-9(14)5-4-8(12)11(7)13/h3-6H,2,14H2,1H3. The van der Waals surface area contributed by atoms with E-state index in [-0.39, 0.29) is 22.9 Å². The summed E-state index contributed by atoms with van der Waals surface area (Å²) >= 11 is 5.58. The Morgan fingerprint density at radius 3 is 2.94 bits per heavy atom. The second-order valence-electron chi connectivity index (χ2n) is 2.95. The Hall–Kier alpha value is -1.55. The Bertz CT molecular complexity index is 432. The molecule has 0 atom stereocenters. The van der Waals surface area contributed by atoms with Crippen LogP contribution in [-0.2, 0) is 9.53 Å². The van der Waals surface area contributed by atoms with Gasteiger partial charge >= 0.3 is 5.97 Å². The molecule has 0 saturated carbocycles. The molecule has 0 unspecified atom stereocenters. The van der Waals surface area contributed by atoms with E-state index in [1.54, 1.807) is 6.92 Å². The summed E-state index contributed by atoms with van der Waals surface area (Å²) < 4.78 is 18.1. The average Bonchev–Trinajstić information content (AvgIpc) is 2.24. The van der Waals surface area contributed by atoms with Gasteiger partial charge in [0.1, 0.15) is 0 Å². The zero-order valence-electron chi connectivity index (χ0n) is 8.67. The van der Waals surface area contributed by atoms with Crippen LogP contribution < -0.4 is 5.73 Å². The first kappa shape index (κ1) is 12.5. The lowest BCUT2D eigenvalue weighted by atomic mass is 10.1. The molecule has 0 saturated heterocycles. The highest BCUT2D eigenvalue weighted by Crippen LogP contribution is 2.24. The monoisotopic (exact) mass is 243 g/mol. The third-order valence-electron chi connectivity index (χ3n) is 1.84. The molecule has 0 aliphatic rings. The zero-order valence-corrected chi connectivity index (χ0v) is 9.42. The van der Waals surface area contributed by atoms with Crippen molar-refractivity contribution in [1.82, 2.24) is 0 Å². The molecule has 16 heavy (non-hydrogen) atoms. The van der Waals surface area contributed by atoms with Crippen molar-refractivity contribution in [1.29, 1.82) is 0 Å². The highest BCUT2D eigenvalue weighted by atomic mass is 35.5. The molecule has 1 rings (SSSR count). The van der Waals surface area contributed by atoms with Crippen LogP contribution in [-0.4, -0.2) is 12.6 Å². The van der Waals surface area contributed by atoms with Crippen LogP contribution in [0.1, 0.15) is 12.5 Å². The lowest BCUT2D eigenvalue weighted by Crippen LogP contribution is -2.00. The van der Waals surface area contributed by atoms with Gasteiger partial charge in [-0.1, -0.05) is 11.6 Å². The van der Waals surface area contributed by atoms with Crippen LogP contribution in [0.2, 0.25) is 5.02 Å². The number of hydrogen-bond donors (Lipinski definition) is 1. The van der Waals surface area contributed by atoms with E-state index >= 15 is 0 Å². The Morgan fingerprint density at radius 2 is 2.31 bits per heavy atom. The normalized spacial score (nSPS) is 10.7. The summed E-state index contributed by atoms with van der Waals surface area (Å²) in [6.45, 7) is 1.94. The van der Waals surface area contributed by atoms with Gasteiger partial charge in [0.25, 0.3) is 0 Å². The molecule has 3 nitrogen and oxygen atoms in total. The first-order chi connectivity index (χ1) is 7.56. The average molecular weight is 244 g/mol. The third-order valence-corrected chi connectivity index (χ3v) is 2.13. The van der Waals surface area contributed by atoms with Gasteiger partial charge in [0, 0.05) is 17.3 Å². The molecule has 0 aliphatic carbocycles. The fraction of sp³-hybridized carbons (Fsp3) is 0.182. The molecule has 0 heterocycles. The highest BCUT2D eigenvalue weighted by Gasteiger charge is 2.08. The van der Waals surface area contributed by atoms with Crippen molar-refractivity contribution in [3.05, 3.63) is 34.6 Å². The number of carbonyl (C=O) groups excluding carboxylic acids is 1. The molecule has 5 heteroatoms. The van der Waals surface area contributed by atoms with Crippen LogP contribution in [0.15, 0.2) is 18.2 Å². The summed E-state index contributed by atoms with van der Waals surface area (Å²) in [5, 5.41) is -0.0438. The van der Waals surface area contributed by atoms with Crippen molar-refractivity contribution in [2.45, 2.75) is 6.92 Å². The van der Waals surface area contributed by atoms with Gasteiger partial charge < -0.3 is 10.5 Å². The van der Waals surface area contributed by atoms with Gasteiger partial charge in [-0.15, -0.1) is 0 Å². The van der Waals surface area contributed by atoms with Crippen LogP contribution in [0.5, 0.6) is 0 Å². The van der Waals surface area contributed by atoms with E-state index in [2.05, 4.69) is 4.74 Å². The van der Waals surface area contributed by atoms with E-state index in [9.17, 15) is 9.18 Å². The second-order valence-corrected chi connectivity index (χ2v) is 3.36. The van der Waals surface area contributed by atoms with Gasteiger partial charge in [0.15, 0.2) is 5.82 Å². The Balaban J connectivity index is 2.97. The summed E-state index contributed by atoms with van der Waals surface area (Å²) in [4.78, 5) is 11.0. The van der Waals surface area contributed by atoms with Crippen LogP contribution >= 0.6 is 11.6 Å². The molecule has 0 amide bonds.